The summed E-state index contributed by atoms with van der Waals surface area (Å²) in [6.07, 6.45) is 3.49. The number of carbonyl (C=O) groups is 1. The standard InChI is InChI=1S/C12H21N5O/c1-9(2)7-17-11(15-8-16-17)6-14-10-4-3-5-13-12(10)18/h8-10,14H,3-7H2,1-2H3,(H,13,18). The molecule has 0 aromatic carbocycles. The zero-order chi connectivity index (χ0) is 13.0. The first-order valence-corrected chi connectivity index (χ1v) is 6.54. The van der Waals surface area contributed by atoms with Crippen molar-refractivity contribution in [1.82, 2.24) is 25.4 Å². The number of nitrogens with one attached hydrogen (secondary N) is 2. The summed E-state index contributed by atoms with van der Waals surface area (Å²) in [5.74, 6) is 1.52. The largest absolute Gasteiger partial charge is 0.355 e. The SMILES string of the molecule is CC(C)Cn1ncnc1CNC1CCCNC1=O. The van der Waals surface area contributed by atoms with E-state index < -0.39 is 0 Å². The molecule has 1 fully saturated rings. The minimum absolute atomic E-state index is 0.0937. The highest BCUT2D eigenvalue weighted by molar-refractivity contribution is 5.82. The molecule has 1 aromatic heterocycles. The van der Waals surface area contributed by atoms with Gasteiger partial charge in [-0.3, -0.25) is 10.1 Å². The molecule has 0 saturated carbocycles. The summed E-state index contributed by atoms with van der Waals surface area (Å²) < 4.78 is 1.90. The average Bonchev–Trinajstić information content (AvgIpc) is 2.75. The van der Waals surface area contributed by atoms with Crippen LogP contribution in [0, 0.1) is 5.92 Å². The van der Waals surface area contributed by atoms with Crippen LogP contribution in [0.1, 0.15) is 32.5 Å². The van der Waals surface area contributed by atoms with E-state index in [9.17, 15) is 4.79 Å². The van der Waals surface area contributed by atoms with Crippen molar-refractivity contribution in [2.45, 2.75) is 45.8 Å². The molecular formula is C12H21N5O. The lowest BCUT2D eigenvalue weighted by Gasteiger charge is -2.22. The summed E-state index contributed by atoms with van der Waals surface area (Å²) in [6, 6.07) is -0.0945. The van der Waals surface area contributed by atoms with Crippen LogP contribution in [0.3, 0.4) is 0 Å². The van der Waals surface area contributed by atoms with Crippen LogP contribution in [-0.2, 0) is 17.9 Å². The first kappa shape index (κ1) is 13.0. The summed E-state index contributed by atoms with van der Waals surface area (Å²) >= 11 is 0. The van der Waals surface area contributed by atoms with Gasteiger partial charge in [0, 0.05) is 13.1 Å². The number of aromatic nitrogens is 3. The Hall–Kier alpha value is -1.43. The van der Waals surface area contributed by atoms with Crippen LogP contribution in [0.5, 0.6) is 0 Å². The molecular weight excluding hydrogens is 230 g/mol. The minimum atomic E-state index is -0.0945. The number of rotatable bonds is 5. The molecule has 1 amide bonds. The highest BCUT2D eigenvalue weighted by Crippen LogP contribution is 2.05. The van der Waals surface area contributed by atoms with Gasteiger partial charge in [-0.15, -0.1) is 0 Å². The predicted molar refractivity (Wildman–Crippen MR) is 67.7 cm³/mol. The molecule has 1 saturated heterocycles. The lowest BCUT2D eigenvalue weighted by atomic mass is 10.1. The van der Waals surface area contributed by atoms with Gasteiger partial charge in [0.15, 0.2) is 0 Å². The Kier molecular flexibility index (Phi) is 4.30. The van der Waals surface area contributed by atoms with Gasteiger partial charge < -0.3 is 5.32 Å². The number of amides is 1. The van der Waals surface area contributed by atoms with Crippen molar-refractivity contribution in [3.8, 4) is 0 Å². The lowest BCUT2D eigenvalue weighted by Crippen LogP contribution is -2.48. The third-order valence-corrected chi connectivity index (χ3v) is 3.03. The maximum absolute atomic E-state index is 11.6. The van der Waals surface area contributed by atoms with Gasteiger partial charge in [-0.2, -0.15) is 5.10 Å². The molecule has 1 aromatic rings. The number of hydrogen-bond donors (Lipinski definition) is 2. The van der Waals surface area contributed by atoms with Crippen molar-refractivity contribution in [2.75, 3.05) is 6.54 Å². The van der Waals surface area contributed by atoms with Crippen molar-refractivity contribution in [3.05, 3.63) is 12.2 Å². The molecule has 0 spiro atoms. The third kappa shape index (κ3) is 3.29. The van der Waals surface area contributed by atoms with Gasteiger partial charge in [-0.1, -0.05) is 13.8 Å². The Balaban J connectivity index is 1.89. The summed E-state index contributed by atoms with van der Waals surface area (Å²) in [5, 5.41) is 10.3. The van der Waals surface area contributed by atoms with Gasteiger partial charge in [0.05, 0.1) is 12.6 Å². The van der Waals surface area contributed by atoms with Gasteiger partial charge in [-0.25, -0.2) is 9.67 Å². The topological polar surface area (TPSA) is 71.8 Å². The molecule has 100 valence electrons. The van der Waals surface area contributed by atoms with Crippen LogP contribution in [0.4, 0.5) is 0 Å². The fourth-order valence-electron chi connectivity index (χ4n) is 2.10. The maximum atomic E-state index is 11.6. The van der Waals surface area contributed by atoms with Gasteiger partial charge in [0.25, 0.3) is 0 Å². The monoisotopic (exact) mass is 251 g/mol. The molecule has 18 heavy (non-hydrogen) atoms. The zero-order valence-electron chi connectivity index (χ0n) is 11.0. The molecule has 1 atom stereocenters. The van der Waals surface area contributed by atoms with E-state index in [0.717, 1.165) is 31.8 Å². The van der Waals surface area contributed by atoms with E-state index in [1.165, 1.54) is 0 Å². The minimum Gasteiger partial charge on any atom is -0.355 e. The number of carbonyl (C=O) groups excluding carboxylic acids is 1. The molecule has 0 radical (unpaired) electrons. The molecule has 0 bridgehead atoms. The molecule has 1 aliphatic heterocycles. The van der Waals surface area contributed by atoms with E-state index in [1.54, 1.807) is 6.33 Å². The van der Waals surface area contributed by atoms with Crippen LogP contribution in [0.15, 0.2) is 6.33 Å². The lowest BCUT2D eigenvalue weighted by molar-refractivity contribution is -0.124. The second kappa shape index (κ2) is 5.95. The van der Waals surface area contributed by atoms with Gasteiger partial charge in [0.1, 0.15) is 12.2 Å². The van der Waals surface area contributed by atoms with Crippen LogP contribution in [-0.4, -0.2) is 33.3 Å². The Morgan fingerprint density at radius 3 is 3.17 bits per heavy atom. The quantitative estimate of drug-likeness (QED) is 0.789. The fraction of sp³-hybridized carbons (Fsp3) is 0.750. The number of hydrogen-bond acceptors (Lipinski definition) is 4. The smallest absolute Gasteiger partial charge is 0.237 e. The van der Waals surface area contributed by atoms with E-state index in [1.807, 2.05) is 4.68 Å². The summed E-state index contributed by atoms with van der Waals surface area (Å²) in [5.41, 5.74) is 0. The first-order chi connectivity index (χ1) is 8.66. The predicted octanol–water partition coefficient (Wildman–Crippen LogP) is 0.302. The molecule has 6 heteroatoms. The molecule has 0 aliphatic carbocycles. The summed E-state index contributed by atoms with van der Waals surface area (Å²) in [4.78, 5) is 15.8. The maximum Gasteiger partial charge on any atom is 0.237 e. The molecule has 1 aliphatic rings. The van der Waals surface area contributed by atoms with Crippen molar-refractivity contribution < 1.29 is 4.79 Å². The third-order valence-electron chi connectivity index (χ3n) is 3.03. The van der Waals surface area contributed by atoms with Gasteiger partial charge in [-0.05, 0) is 18.8 Å². The Labute approximate surface area is 107 Å². The van der Waals surface area contributed by atoms with Crippen LogP contribution < -0.4 is 10.6 Å². The molecule has 2 N–H and O–H groups in total. The molecule has 2 heterocycles. The van der Waals surface area contributed by atoms with E-state index in [4.69, 9.17) is 0 Å². The van der Waals surface area contributed by atoms with Gasteiger partial charge >= 0.3 is 0 Å². The summed E-state index contributed by atoms with van der Waals surface area (Å²) in [7, 11) is 0. The van der Waals surface area contributed by atoms with Crippen LogP contribution in [0.25, 0.3) is 0 Å². The molecule has 1 unspecified atom stereocenters. The Morgan fingerprint density at radius 2 is 2.44 bits per heavy atom. The van der Waals surface area contributed by atoms with Crippen molar-refractivity contribution in [1.29, 1.82) is 0 Å². The average molecular weight is 251 g/mol. The second-order valence-electron chi connectivity index (χ2n) is 5.12. The van der Waals surface area contributed by atoms with Crippen molar-refractivity contribution in [2.24, 2.45) is 5.92 Å². The fourth-order valence-corrected chi connectivity index (χ4v) is 2.10. The van der Waals surface area contributed by atoms with E-state index in [2.05, 4.69) is 34.6 Å². The van der Waals surface area contributed by atoms with Crippen molar-refractivity contribution in [3.63, 3.8) is 0 Å². The first-order valence-electron chi connectivity index (χ1n) is 6.54. The number of nitrogens with zero attached hydrogens (tertiary/aromatic N) is 3. The molecule has 2 rings (SSSR count). The zero-order valence-corrected chi connectivity index (χ0v) is 11.0. The van der Waals surface area contributed by atoms with Gasteiger partial charge in [0.2, 0.25) is 5.91 Å². The Morgan fingerprint density at radius 1 is 1.61 bits per heavy atom. The van der Waals surface area contributed by atoms with Crippen molar-refractivity contribution >= 4 is 5.91 Å². The van der Waals surface area contributed by atoms with E-state index >= 15 is 0 Å². The van der Waals surface area contributed by atoms with Crippen LogP contribution >= 0.6 is 0 Å². The van der Waals surface area contributed by atoms with E-state index in [0.29, 0.717) is 12.5 Å². The Bertz CT molecular complexity index is 401. The second-order valence-corrected chi connectivity index (χ2v) is 5.12. The van der Waals surface area contributed by atoms with Crippen LogP contribution in [0.2, 0.25) is 0 Å². The highest BCUT2D eigenvalue weighted by atomic mass is 16.2. The number of piperidine rings is 1. The molecule has 6 nitrogen and oxygen atoms in total. The highest BCUT2D eigenvalue weighted by Gasteiger charge is 2.21. The normalized spacial score (nSPS) is 20.2. The summed E-state index contributed by atoms with van der Waals surface area (Å²) in [6.45, 7) is 6.53. The van der Waals surface area contributed by atoms with E-state index in [-0.39, 0.29) is 11.9 Å².